The van der Waals surface area contributed by atoms with Gasteiger partial charge in [0.25, 0.3) is 0 Å². The third-order valence-corrected chi connectivity index (χ3v) is 4.23. The van der Waals surface area contributed by atoms with E-state index in [0.717, 1.165) is 18.6 Å². The van der Waals surface area contributed by atoms with Crippen LogP contribution >= 0.6 is 11.8 Å². The molecular formula is C12H13F3O2S. The van der Waals surface area contributed by atoms with Crippen LogP contribution in [0.4, 0.5) is 13.2 Å². The van der Waals surface area contributed by atoms with Gasteiger partial charge in [0.15, 0.2) is 0 Å². The quantitative estimate of drug-likeness (QED) is 0.917. The van der Waals surface area contributed by atoms with Gasteiger partial charge < -0.3 is 9.84 Å². The molecule has 2 nitrogen and oxygen atoms in total. The summed E-state index contributed by atoms with van der Waals surface area (Å²) in [6.07, 6.45) is -3.87. The molecule has 2 unspecified atom stereocenters. The first-order valence-corrected chi connectivity index (χ1v) is 6.66. The SMILES string of the molecule is OC(c1ccccc1OC(F)(F)F)C1CCCS1. The molecule has 2 atom stereocenters. The summed E-state index contributed by atoms with van der Waals surface area (Å²) < 4.78 is 40.7. The summed E-state index contributed by atoms with van der Waals surface area (Å²) in [5.74, 6) is 0.620. The minimum atomic E-state index is -4.74. The molecule has 1 saturated heterocycles. The Kier molecular flexibility index (Phi) is 4.07. The van der Waals surface area contributed by atoms with Gasteiger partial charge in [-0.1, -0.05) is 18.2 Å². The van der Waals surface area contributed by atoms with Gasteiger partial charge in [-0.15, -0.1) is 13.2 Å². The summed E-state index contributed by atoms with van der Waals surface area (Å²) in [5, 5.41) is 10.1. The maximum atomic E-state index is 12.3. The summed E-state index contributed by atoms with van der Waals surface area (Å²) in [7, 11) is 0. The zero-order valence-electron chi connectivity index (χ0n) is 9.48. The Morgan fingerprint density at radius 3 is 2.67 bits per heavy atom. The first kappa shape index (κ1) is 13.5. The monoisotopic (exact) mass is 278 g/mol. The lowest BCUT2D eigenvalue weighted by Gasteiger charge is -2.21. The van der Waals surface area contributed by atoms with E-state index in [4.69, 9.17) is 0 Å². The van der Waals surface area contributed by atoms with Crippen LogP contribution in [0.2, 0.25) is 0 Å². The van der Waals surface area contributed by atoms with Crippen molar-refractivity contribution in [3.8, 4) is 5.75 Å². The van der Waals surface area contributed by atoms with E-state index in [0.29, 0.717) is 0 Å². The van der Waals surface area contributed by atoms with E-state index in [1.807, 2.05) is 0 Å². The second kappa shape index (κ2) is 5.40. The Bertz CT molecular complexity index is 403. The van der Waals surface area contributed by atoms with Crippen molar-refractivity contribution < 1.29 is 23.0 Å². The van der Waals surface area contributed by atoms with Crippen molar-refractivity contribution in [1.29, 1.82) is 0 Å². The van der Waals surface area contributed by atoms with Gasteiger partial charge in [0.05, 0.1) is 6.10 Å². The molecule has 1 N–H and O–H groups in total. The molecule has 0 bridgehead atoms. The smallest absolute Gasteiger partial charge is 0.405 e. The molecule has 6 heteroatoms. The molecule has 18 heavy (non-hydrogen) atoms. The second-order valence-electron chi connectivity index (χ2n) is 4.08. The van der Waals surface area contributed by atoms with Crippen LogP contribution in [0, 0.1) is 0 Å². The number of aliphatic hydroxyl groups excluding tert-OH is 1. The highest BCUT2D eigenvalue weighted by molar-refractivity contribution is 8.00. The number of hydrogen-bond donors (Lipinski definition) is 1. The average Bonchev–Trinajstić information content (AvgIpc) is 2.80. The Labute approximate surface area is 107 Å². The van der Waals surface area contributed by atoms with Crippen molar-refractivity contribution in [2.24, 2.45) is 0 Å². The largest absolute Gasteiger partial charge is 0.573 e. The molecule has 0 aromatic heterocycles. The van der Waals surface area contributed by atoms with E-state index in [1.54, 1.807) is 17.8 Å². The maximum Gasteiger partial charge on any atom is 0.573 e. The van der Waals surface area contributed by atoms with E-state index < -0.39 is 12.5 Å². The standard InChI is InChI=1S/C12H13F3O2S/c13-12(14,15)17-9-5-2-1-4-8(9)11(16)10-6-3-7-18-10/h1-2,4-5,10-11,16H,3,6-7H2. The fourth-order valence-corrected chi connectivity index (χ4v) is 3.29. The normalized spacial score (nSPS) is 21.9. The van der Waals surface area contributed by atoms with E-state index in [9.17, 15) is 18.3 Å². The van der Waals surface area contributed by atoms with Crippen molar-refractivity contribution in [2.75, 3.05) is 5.75 Å². The number of rotatable bonds is 3. The molecule has 1 aromatic rings. The van der Waals surface area contributed by atoms with Gasteiger partial charge in [-0.2, -0.15) is 11.8 Å². The third kappa shape index (κ3) is 3.32. The van der Waals surface area contributed by atoms with E-state index >= 15 is 0 Å². The Morgan fingerprint density at radius 1 is 1.33 bits per heavy atom. The van der Waals surface area contributed by atoms with Gasteiger partial charge in [-0.25, -0.2) is 0 Å². The van der Waals surface area contributed by atoms with Crippen molar-refractivity contribution in [3.63, 3.8) is 0 Å². The van der Waals surface area contributed by atoms with Crippen molar-refractivity contribution in [2.45, 2.75) is 30.6 Å². The van der Waals surface area contributed by atoms with E-state index in [1.165, 1.54) is 18.2 Å². The van der Waals surface area contributed by atoms with E-state index in [2.05, 4.69) is 4.74 Å². The summed E-state index contributed by atoms with van der Waals surface area (Å²) in [4.78, 5) is 0. The number of ether oxygens (including phenoxy) is 1. The molecule has 0 spiro atoms. The molecule has 0 amide bonds. The van der Waals surface area contributed by atoms with Crippen LogP contribution in [0.3, 0.4) is 0 Å². The summed E-state index contributed by atoms with van der Waals surface area (Å²) in [6.45, 7) is 0. The highest BCUT2D eigenvalue weighted by Crippen LogP contribution is 2.39. The van der Waals surface area contributed by atoms with Gasteiger partial charge in [0, 0.05) is 10.8 Å². The number of benzene rings is 1. The molecule has 1 fully saturated rings. The van der Waals surface area contributed by atoms with Gasteiger partial charge in [-0.3, -0.25) is 0 Å². The fourth-order valence-electron chi connectivity index (χ4n) is 1.99. The third-order valence-electron chi connectivity index (χ3n) is 2.78. The molecule has 1 heterocycles. The van der Waals surface area contributed by atoms with Gasteiger partial charge in [-0.05, 0) is 24.7 Å². The van der Waals surface area contributed by atoms with Crippen molar-refractivity contribution in [1.82, 2.24) is 0 Å². The molecule has 0 saturated carbocycles. The summed E-state index contributed by atoms with van der Waals surface area (Å²) >= 11 is 1.59. The summed E-state index contributed by atoms with van der Waals surface area (Å²) in [6, 6.07) is 5.76. The molecule has 1 aromatic carbocycles. The number of alkyl halides is 3. The highest BCUT2D eigenvalue weighted by Gasteiger charge is 2.34. The van der Waals surface area contributed by atoms with Gasteiger partial charge in [0.2, 0.25) is 0 Å². The van der Waals surface area contributed by atoms with Crippen molar-refractivity contribution >= 4 is 11.8 Å². The van der Waals surface area contributed by atoms with Crippen LogP contribution in [0.1, 0.15) is 24.5 Å². The minimum Gasteiger partial charge on any atom is -0.405 e. The zero-order valence-corrected chi connectivity index (χ0v) is 10.3. The molecular weight excluding hydrogens is 265 g/mol. The molecule has 1 aliphatic heterocycles. The topological polar surface area (TPSA) is 29.5 Å². The molecule has 0 aliphatic carbocycles. The van der Waals surface area contributed by atoms with Crippen LogP contribution < -0.4 is 4.74 Å². The number of hydrogen-bond acceptors (Lipinski definition) is 3. The lowest BCUT2D eigenvalue weighted by atomic mass is 10.0. The maximum absolute atomic E-state index is 12.3. The van der Waals surface area contributed by atoms with Crippen molar-refractivity contribution in [3.05, 3.63) is 29.8 Å². The molecule has 2 rings (SSSR count). The van der Waals surface area contributed by atoms with Crippen LogP contribution in [0.5, 0.6) is 5.75 Å². The van der Waals surface area contributed by atoms with Crippen LogP contribution in [-0.2, 0) is 0 Å². The predicted molar refractivity (Wildman–Crippen MR) is 63.6 cm³/mol. The predicted octanol–water partition coefficient (Wildman–Crippen LogP) is 3.51. The average molecular weight is 278 g/mol. The van der Waals surface area contributed by atoms with Gasteiger partial charge in [0.1, 0.15) is 5.75 Å². The number of thioether (sulfide) groups is 1. The first-order chi connectivity index (χ1) is 8.47. The second-order valence-corrected chi connectivity index (χ2v) is 5.43. The Balaban J connectivity index is 2.20. The van der Waals surface area contributed by atoms with Crippen LogP contribution in [-0.4, -0.2) is 22.5 Å². The number of para-hydroxylation sites is 1. The number of halogens is 3. The Hall–Kier alpha value is -0.880. The van der Waals surface area contributed by atoms with Crippen LogP contribution in [0.15, 0.2) is 24.3 Å². The number of aliphatic hydroxyl groups is 1. The van der Waals surface area contributed by atoms with E-state index in [-0.39, 0.29) is 16.6 Å². The lowest BCUT2D eigenvalue weighted by Crippen LogP contribution is -2.20. The first-order valence-electron chi connectivity index (χ1n) is 5.62. The zero-order chi connectivity index (χ0) is 13.2. The molecule has 1 aliphatic rings. The highest BCUT2D eigenvalue weighted by atomic mass is 32.2. The summed E-state index contributed by atoms with van der Waals surface area (Å²) in [5.41, 5.74) is 0.203. The Morgan fingerprint density at radius 2 is 2.06 bits per heavy atom. The molecule has 0 radical (unpaired) electrons. The lowest BCUT2D eigenvalue weighted by molar-refractivity contribution is -0.275. The minimum absolute atomic E-state index is 0.0528. The fraction of sp³-hybridized carbons (Fsp3) is 0.500. The molecule has 100 valence electrons. The van der Waals surface area contributed by atoms with Crippen LogP contribution in [0.25, 0.3) is 0 Å². The van der Waals surface area contributed by atoms with Gasteiger partial charge >= 0.3 is 6.36 Å².